The highest BCUT2D eigenvalue weighted by molar-refractivity contribution is 7.92. The molecular weight excluding hydrogens is 288 g/mol. The molecule has 1 saturated heterocycles. The number of anilines is 1. The van der Waals surface area contributed by atoms with Gasteiger partial charge >= 0.3 is 5.97 Å². The van der Waals surface area contributed by atoms with Crippen LogP contribution in [0.5, 0.6) is 0 Å². The number of aromatic nitrogens is 1. The molecule has 1 aromatic heterocycles. The van der Waals surface area contributed by atoms with Crippen molar-refractivity contribution in [2.45, 2.75) is 25.0 Å². The van der Waals surface area contributed by atoms with Gasteiger partial charge in [0.25, 0.3) is 0 Å². The third-order valence-corrected chi connectivity index (χ3v) is 6.01. The van der Waals surface area contributed by atoms with E-state index in [1.165, 1.54) is 11.3 Å². The molecule has 0 aromatic carbocycles. The number of sulfone groups is 1. The van der Waals surface area contributed by atoms with E-state index < -0.39 is 15.8 Å². The zero-order valence-electron chi connectivity index (χ0n) is 10.6. The molecule has 0 spiro atoms. The number of nitrogens with one attached hydrogen (secondary N) is 1. The summed E-state index contributed by atoms with van der Waals surface area (Å²) in [4.78, 5) is 15.5. The first kappa shape index (κ1) is 14.3. The second-order valence-electron chi connectivity index (χ2n) is 4.27. The molecule has 1 atom stereocenters. The highest BCUT2D eigenvalue weighted by atomic mass is 32.2. The predicted octanol–water partition coefficient (Wildman–Crippen LogP) is 1.31. The number of rotatable bonds is 5. The molecule has 0 bridgehead atoms. The Labute approximate surface area is 116 Å². The van der Waals surface area contributed by atoms with E-state index in [9.17, 15) is 13.2 Å². The van der Waals surface area contributed by atoms with Crippen molar-refractivity contribution in [3.8, 4) is 0 Å². The van der Waals surface area contributed by atoms with Crippen molar-refractivity contribution in [1.29, 1.82) is 0 Å². The first-order valence-corrected chi connectivity index (χ1v) is 8.70. The summed E-state index contributed by atoms with van der Waals surface area (Å²) < 4.78 is 28.1. The molecular formula is C11H16N2O4S2. The predicted molar refractivity (Wildman–Crippen MR) is 73.4 cm³/mol. The van der Waals surface area contributed by atoms with Crippen LogP contribution in [0.2, 0.25) is 0 Å². The molecule has 8 heteroatoms. The molecule has 0 aliphatic carbocycles. The topological polar surface area (TPSA) is 85.4 Å². The van der Waals surface area contributed by atoms with Gasteiger partial charge in [0.15, 0.2) is 20.7 Å². The monoisotopic (exact) mass is 304 g/mol. The Morgan fingerprint density at radius 3 is 3.05 bits per heavy atom. The number of carbonyl (C=O) groups excluding carboxylic acids is 1. The minimum Gasteiger partial charge on any atom is -0.461 e. The molecule has 2 heterocycles. The van der Waals surface area contributed by atoms with E-state index in [2.05, 4.69) is 10.3 Å². The van der Waals surface area contributed by atoms with Gasteiger partial charge < -0.3 is 10.1 Å². The van der Waals surface area contributed by atoms with Gasteiger partial charge in [0, 0.05) is 11.9 Å². The van der Waals surface area contributed by atoms with Gasteiger partial charge in [-0.3, -0.25) is 0 Å². The molecule has 1 unspecified atom stereocenters. The van der Waals surface area contributed by atoms with Crippen molar-refractivity contribution in [2.24, 2.45) is 0 Å². The minimum atomic E-state index is -2.95. The van der Waals surface area contributed by atoms with E-state index in [1.54, 1.807) is 12.3 Å². The average molecular weight is 304 g/mol. The van der Waals surface area contributed by atoms with Crippen LogP contribution in [0.25, 0.3) is 0 Å². The van der Waals surface area contributed by atoms with Gasteiger partial charge in [-0.05, 0) is 19.8 Å². The van der Waals surface area contributed by atoms with Gasteiger partial charge in [0.05, 0.1) is 17.6 Å². The Morgan fingerprint density at radius 1 is 1.63 bits per heavy atom. The van der Waals surface area contributed by atoms with E-state index >= 15 is 0 Å². The lowest BCUT2D eigenvalue weighted by molar-refractivity contribution is 0.0520. The van der Waals surface area contributed by atoms with Gasteiger partial charge in [0.2, 0.25) is 0 Å². The molecule has 0 radical (unpaired) electrons. The van der Waals surface area contributed by atoms with E-state index in [-0.39, 0.29) is 16.7 Å². The van der Waals surface area contributed by atoms with Crippen LogP contribution in [0, 0.1) is 0 Å². The normalized spacial score (nSPS) is 21.2. The van der Waals surface area contributed by atoms with Crippen LogP contribution < -0.4 is 5.32 Å². The molecule has 106 valence electrons. The van der Waals surface area contributed by atoms with Crippen molar-refractivity contribution in [1.82, 2.24) is 4.98 Å². The molecule has 1 fully saturated rings. The molecule has 0 saturated carbocycles. The lowest BCUT2D eigenvalue weighted by Crippen LogP contribution is -2.25. The zero-order chi connectivity index (χ0) is 13.9. The summed E-state index contributed by atoms with van der Waals surface area (Å²) in [5.74, 6) is -0.189. The van der Waals surface area contributed by atoms with E-state index in [4.69, 9.17) is 4.74 Å². The van der Waals surface area contributed by atoms with Gasteiger partial charge in [-0.15, -0.1) is 11.3 Å². The summed E-state index contributed by atoms with van der Waals surface area (Å²) in [7, 11) is -2.95. The van der Waals surface area contributed by atoms with Crippen LogP contribution >= 0.6 is 11.3 Å². The zero-order valence-corrected chi connectivity index (χ0v) is 12.2. The third-order valence-electron chi connectivity index (χ3n) is 2.93. The highest BCUT2D eigenvalue weighted by Crippen LogP contribution is 2.22. The molecule has 0 amide bonds. The van der Waals surface area contributed by atoms with E-state index in [0.717, 1.165) is 6.42 Å². The summed E-state index contributed by atoms with van der Waals surface area (Å²) in [5, 5.41) is 4.78. The van der Waals surface area contributed by atoms with Gasteiger partial charge in [0.1, 0.15) is 0 Å². The molecule has 6 nitrogen and oxygen atoms in total. The Hall–Kier alpha value is -1.15. The van der Waals surface area contributed by atoms with Crippen LogP contribution in [0.15, 0.2) is 5.38 Å². The molecule has 19 heavy (non-hydrogen) atoms. The number of thiazole rings is 1. The lowest BCUT2D eigenvalue weighted by atomic mass is 10.2. The fraction of sp³-hybridized carbons (Fsp3) is 0.636. The Kier molecular flexibility index (Phi) is 4.41. The lowest BCUT2D eigenvalue weighted by Gasteiger charge is -2.09. The number of carbonyl (C=O) groups is 1. The Balaban J connectivity index is 1.92. The van der Waals surface area contributed by atoms with Crippen LogP contribution in [0.3, 0.4) is 0 Å². The molecule has 2 rings (SSSR count). The first-order chi connectivity index (χ1) is 9.03. The SMILES string of the molecule is CCOC(=O)c1csc(NCC2CCCS2(=O)=O)n1. The van der Waals surface area contributed by atoms with Crippen LogP contribution in [0.4, 0.5) is 5.13 Å². The minimum absolute atomic E-state index is 0.253. The standard InChI is InChI=1S/C11H16N2O4S2/c1-2-17-10(14)9-7-18-11(13-9)12-6-8-4-3-5-19(8,15)16/h7-8H,2-6H2,1H3,(H,12,13). The van der Waals surface area contributed by atoms with Crippen molar-refractivity contribution in [3.63, 3.8) is 0 Å². The van der Waals surface area contributed by atoms with Gasteiger partial charge in [-0.25, -0.2) is 18.2 Å². The Morgan fingerprint density at radius 2 is 2.42 bits per heavy atom. The summed E-state index contributed by atoms with van der Waals surface area (Å²) in [5.41, 5.74) is 0.253. The Bertz CT molecular complexity index is 553. The third kappa shape index (κ3) is 3.44. The molecule has 1 aliphatic rings. The van der Waals surface area contributed by atoms with Crippen molar-refractivity contribution in [3.05, 3.63) is 11.1 Å². The molecule has 1 aromatic rings. The van der Waals surface area contributed by atoms with Crippen LogP contribution in [0.1, 0.15) is 30.3 Å². The summed E-state index contributed by atoms with van der Waals surface area (Å²) in [6, 6.07) is 0. The largest absolute Gasteiger partial charge is 0.461 e. The van der Waals surface area contributed by atoms with Crippen molar-refractivity contribution >= 4 is 32.3 Å². The van der Waals surface area contributed by atoms with Crippen LogP contribution in [-0.4, -0.2) is 43.5 Å². The fourth-order valence-corrected chi connectivity index (χ4v) is 4.40. The average Bonchev–Trinajstić information content (AvgIpc) is 2.93. The number of hydrogen-bond acceptors (Lipinski definition) is 7. The summed E-state index contributed by atoms with van der Waals surface area (Å²) in [6.07, 6.45) is 1.41. The van der Waals surface area contributed by atoms with E-state index in [0.29, 0.717) is 24.7 Å². The van der Waals surface area contributed by atoms with Gasteiger partial charge in [-0.2, -0.15) is 0 Å². The number of hydrogen-bond donors (Lipinski definition) is 1. The number of ether oxygens (including phenoxy) is 1. The van der Waals surface area contributed by atoms with Crippen LogP contribution in [-0.2, 0) is 14.6 Å². The maximum Gasteiger partial charge on any atom is 0.357 e. The van der Waals surface area contributed by atoms with Crippen molar-refractivity contribution < 1.29 is 17.9 Å². The van der Waals surface area contributed by atoms with Gasteiger partial charge in [-0.1, -0.05) is 0 Å². The second-order valence-corrected chi connectivity index (χ2v) is 7.53. The summed E-state index contributed by atoms with van der Waals surface area (Å²) >= 11 is 1.27. The second kappa shape index (κ2) is 5.87. The van der Waals surface area contributed by atoms with Crippen molar-refractivity contribution in [2.75, 3.05) is 24.2 Å². The highest BCUT2D eigenvalue weighted by Gasteiger charge is 2.31. The maximum absolute atomic E-state index is 11.7. The van der Waals surface area contributed by atoms with E-state index in [1.807, 2.05) is 0 Å². The number of esters is 1. The maximum atomic E-state index is 11.7. The smallest absolute Gasteiger partial charge is 0.357 e. The summed E-state index contributed by atoms with van der Waals surface area (Å²) in [6.45, 7) is 2.38. The molecule has 1 aliphatic heterocycles. The first-order valence-electron chi connectivity index (χ1n) is 6.11. The quantitative estimate of drug-likeness (QED) is 0.826. The number of nitrogens with zero attached hydrogens (tertiary/aromatic N) is 1. The fourth-order valence-electron chi connectivity index (χ4n) is 1.94. The molecule has 1 N–H and O–H groups in total.